The highest BCUT2D eigenvalue weighted by atomic mass is 19.3. The normalized spacial score (nSPS) is 18.0. The minimum atomic E-state index is -2.98. The van der Waals surface area contributed by atoms with Crippen molar-refractivity contribution in [2.45, 2.75) is 18.9 Å². The second kappa shape index (κ2) is 8.49. The number of anilines is 3. The molecule has 1 fully saturated rings. The number of halogens is 2. The highest BCUT2D eigenvalue weighted by Gasteiger charge is 2.61. The first kappa shape index (κ1) is 22.5. The lowest BCUT2D eigenvalue weighted by Crippen LogP contribution is -2.39. The summed E-state index contributed by atoms with van der Waals surface area (Å²) in [5.74, 6) is -5.18. The summed E-state index contributed by atoms with van der Waals surface area (Å²) in [6.45, 7) is 0.232. The van der Waals surface area contributed by atoms with Gasteiger partial charge in [0.2, 0.25) is 5.91 Å². The van der Waals surface area contributed by atoms with Crippen LogP contribution in [0.3, 0.4) is 0 Å². The summed E-state index contributed by atoms with van der Waals surface area (Å²) >= 11 is 0. The summed E-state index contributed by atoms with van der Waals surface area (Å²) in [4.78, 5) is 34.1. The van der Waals surface area contributed by atoms with E-state index in [1.54, 1.807) is 12.1 Å². The maximum absolute atomic E-state index is 13.3. The number of methoxy groups -OCH3 is 1. The van der Waals surface area contributed by atoms with Crippen LogP contribution in [-0.2, 0) is 16.1 Å². The van der Waals surface area contributed by atoms with Crippen LogP contribution < -0.4 is 10.6 Å². The van der Waals surface area contributed by atoms with Crippen molar-refractivity contribution >= 4 is 34.9 Å². The van der Waals surface area contributed by atoms with Gasteiger partial charge < -0.3 is 25.3 Å². The summed E-state index contributed by atoms with van der Waals surface area (Å²) in [6.07, 6.45) is 0.985. The molecule has 4 N–H and O–H groups in total. The van der Waals surface area contributed by atoms with Gasteiger partial charge in [0.05, 0.1) is 37.1 Å². The van der Waals surface area contributed by atoms with Crippen LogP contribution in [0.4, 0.5) is 26.0 Å². The third-order valence-corrected chi connectivity index (χ3v) is 6.01. The minimum Gasteiger partial charge on any atom is -0.469 e. The number of nitrogens with zero attached hydrogens (tertiary/aromatic N) is 2. The number of fused-ring (bicyclic) bond motifs is 1. The Balaban J connectivity index is 1.53. The molecule has 3 aromatic rings. The first-order valence-electron chi connectivity index (χ1n) is 10.9. The van der Waals surface area contributed by atoms with Crippen LogP contribution in [0.15, 0.2) is 48.7 Å². The van der Waals surface area contributed by atoms with Gasteiger partial charge in [0.15, 0.2) is 5.78 Å². The first-order chi connectivity index (χ1) is 16.8. The fraction of sp³-hybridized carbons (Fsp3) is 0.250. The number of ether oxygens (including phenoxy) is 1. The quantitative estimate of drug-likeness (QED) is 0.323. The second-order valence-corrected chi connectivity index (χ2v) is 8.44. The fourth-order valence-electron chi connectivity index (χ4n) is 4.12. The molecule has 1 aliphatic heterocycles. The van der Waals surface area contributed by atoms with Gasteiger partial charge in [-0.3, -0.25) is 15.0 Å². The Bertz CT molecular complexity index is 1320. The van der Waals surface area contributed by atoms with E-state index in [0.29, 0.717) is 28.2 Å². The van der Waals surface area contributed by atoms with Crippen LogP contribution in [0.2, 0.25) is 0 Å². The number of aromatic amines is 1. The van der Waals surface area contributed by atoms with E-state index in [4.69, 9.17) is 10.1 Å². The average Bonchev–Trinajstić information content (AvgIpc) is 3.34. The fourth-order valence-corrected chi connectivity index (χ4v) is 4.12. The van der Waals surface area contributed by atoms with E-state index in [-0.39, 0.29) is 30.7 Å². The minimum absolute atomic E-state index is 0.0201. The summed E-state index contributed by atoms with van der Waals surface area (Å²) in [5.41, 5.74) is 3.51. The highest BCUT2D eigenvalue weighted by Crippen LogP contribution is 2.49. The van der Waals surface area contributed by atoms with Crippen molar-refractivity contribution < 1.29 is 23.1 Å². The number of amides is 1. The third-order valence-electron chi connectivity index (χ3n) is 6.01. The van der Waals surface area contributed by atoms with E-state index < -0.39 is 24.2 Å². The van der Waals surface area contributed by atoms with Gasteiger partial charge in [-0.05, 0) is 24.3 Å². The predicted molar refractivity (Wildman–Crippen MR) is 125 cm³/mol. The predicted octanol–water partition coefficient (Wildman–Crippen LogP) is 3.99. The number of alkyl halides is 2. The van der Waals surface area contributed by atoms with E-state index >= 15 is 0 Å². The molecule has 2 aromatic heterocycles. The van der Waals surface area contributed by atoms with E-state index in [2.05, 4.69) is 20.6 Å². The molecule has 11 heteroatoms. The number of hydrogen-bond donors (Lipinski definition) is 4. The lowest BCUT2D eigenvalue weighted by molar-refractivity contribution is -0.119. The molecule has 1 amide bonds. The number of hydrogen-bond acceptors (Lipinski definition) is 6. The molecule has 1 aromatic carbocycles. The number of rotatable bonds is 5. The largest absolute Gasteiger partial charge is 0.469 e. The lowest BCUT2D eigenvalue weighted by Gasteiger charge is -2.27. The van der Waals surface area contributed by atoms with Gasteiger partial charge in [-0.15, -0.1) is 0 Å². The van der Waals surface area contributed by atoms with Crippen LogP contribution in [0.5, 0.6) is 0 Å². The first-order valence-corrected chi connectivity index (χ1v) is 10.9. The number of pyridine rings is 1. The molecule has 2 aliphatic rings. The number of aromatic nitrogens is 2. The van der Waals surface area contributed by atoms with Crippen molar-refractivity contribution in [3.63, 3.8) is 0 Å². The average molecular weight is 480 g/mol. The SMILES string of the molecule is COC(=N)N1CC(=O)c2c([nH]c(-c3ccnc(NC(=O)C4CC4(F)F)c3)c2Nc2ccccc2)C1. The van der Waals surface area contributed by atoms with Crippen LogP contribution in [0.1, 0.15) is 22.5 Å². The summed E-state index contributed by atoms with van der Waals surface area (Å²) in [6, 6.07) is 12.4. The summed E-state index contributed by atoms with van der Waals surface area (Å²) in [5, 5.41) is 13.7. The Morgan fingerprint density at radius 3 is 2.69 bits per heavy atom. The number of nitrogens with one attached hydrogen (secondary N) is 4. The highest BCUT2D eigenvalue weighted by molar-refractivity contribution is 6.09. The molecule has 0 spiro atoms. The zero-order chi connectivity index (χ0) is 24.7. The molecular formula is C24H22F2N6O3. The van der Waals surface area contributed by atoms with Gasteiger partial charge in [-0.1, -0.05) is 18.2 Å². The topological polar surface area (TPSA) is 123 Å². The van der Waals surface area contributed by atoms with Gasteiger partial charge in [0.1, 0.15) is 11.7 Å². The van der Waals surface area contributed by atoms with Gasteiger partial charge in [-0.25, -0.2) is 13.8 Å². The van der Waals surface area contributed by atoms with E-state index in [9.17, 15) is 18.4 Å². The standard InChI is InChI=1S/C24H22F2N6O3/c1-35-23(27)32-11-16-19(17(33)12-32)21(29-14-5-3-2-4-6-14)20(30-16)13-7-8-28-18(9-13)31-22(34)15-10-24(15,25)26/h2-9,15,27,29-30H,10-12H2,1H3,(H,28,31,34). The summed E-state index contributed by atoms with van der Waals surface area (Å²) < 4.78 is 31.5. The second-order valence-electron chi connectivity index (χ2n) is 8.44. The van der Waals surface area contributed by atoms with Crippen molar-refractivity contribution in [2.75, 3.05) is 24.3 Å². The molecule has 5 rings (SSSR count). The van der Waals surface area contributed by atoms with Crippen molar-refractivity contribution in [2.24, 2.45) is 5.92 Å². The zero-order valence-corrected chi connectivity index (χ0v) is 18.7. The molecule has 1 unspecified atom stereocenters. The molecule has 3 heterocycles. The van der Waals surface area contributed by atoms with Crippen molar-refractivity contribution in [1.29, 1.82) is 5.41 Å². The molecule has 1 aliphatic carbocycles. The number of Topliss-reactive ketones (excluding diaryl/α,β-unsaturated/α-hetero) is 1. The van der Waals surface area contributed by atoms with E-state index in [1.807, 2.05) is 30.3 Å². The van der Waals surface area contributed by atoms with E-state index in [1.165, 1.54) is 18.2 Å². The van der Waals surface area contributed by atoms with Crippen molar-refractivity contribution in [3.8, 4) is 11.3 Å². The van der Waals surface area contributed by atoms with Crippen molar-refractivity contribution in [3.05, 3.63) is 59.9 Å². The molecular weight excluding hydrogens is 458 g/mol. The molecule has 0 bridgehead atoms. The van der Waals surface area contributed by atoms with Crippen LogP contribution in [0, 0.1) is 11.3 Å². The van der Waals surface area contributed by atoms with Crippen molar-refractivity contribution in [1.82, 2.24) is 14.9 Å². The Kier molecular flexibility index (Phi) is 5.46. The monoisotopic (exact) mass is 480 g/mol. The number of carbonyl (C=O) groups is 2. The maximum atomic E-state index is 13.3. The number of ketones is 1. The zero-order valence-electron chi connectivity index (χ0n) is 18.7. The lowest BCUT2D eigenvalue weighted by atomic mass is 10.0. The Morgan fingerprint density at radius 2 is 2.00 bits per heavy atom. The molecule has 1 saturated carbocycles. The van der Waals surface area contributed by atoms with Crippen LogP contribution in [-0.4, -0.2) is 52.2 Å². The number of para-hydroxylation sites is 1. The van der Waals surface area contributed by atoms with Gasteiger partial charge >= 0.3 is 0 Å². The molecule has 0 radical (unpaired) electrons. The number of H-pyrrole nitrogens is 1. The molecule has 1 atom stereocenters. The summed E-state index contributed by atoms with van der Waals surface area (Å²) in [7, 11) is 1.37. The van der Waals surface area contributed by atoms with Crippen LogP contribution >= 0.6 is 0 Å². The molecule has 180 valence electrons. The maximum Gasteiger partial charge on any atom is 0.284 e. The molecule has 9 nitrogen and oxygen atoms in total. The number of amidine groups is 1. The Labute approximate surface area is 199 Å². The van der Waals surface area contributed by atoms with Gasteiger partial charge in [0.25, 0.3) is 11.9 Å². The smallest absolute Gasteiger partial charge is 0.284 e. The molecule has 0 saturated heterocycles. The van der Waals surface area contributed by atoms with Gasteiger partial charge in [-0.2, -0.15) is 0 Å². The number of benzene rings is 1. The third kappa shape index (κ3) is 4.32. The molecule has 35 heavy (non-hydrogen) atoms. The Hall–Kier alpha value is -4.28. The van der Waals surface area contributed by atoms with Gasteiger partial charge in [0, 0.05) is 29.6 Å². The van der Waals surface area contributed by atoms with E-state index in [0.717, 1.165) is 5.69 Å². The number of carbonyl (C=O) groups excluding carboxylic acids is 2. The van der Waals surface area contributed by atoms with Crippen LogP contribution in [0.25, 0.3) is 11.3 Å². The Morgan fingerprint density at radius 1 is 1.26 bits per heavy atom.